The number of aromatic nitrogens is 1. The molecule has 1 aromatic carbocycles. The molecule has 0 aliphatic rings. The quantitative estimate of drug-likeness (QED) is 0.882. The smallest absolute Gasteiger partial charge is 0.146 e. The Morgan fingerprint density at radius 2 is 2.19 bits per heavy atom. The summed E-state index contributed by atoms with van der Waals surface area (Å²) >= 11 is 1.58. The fourth-order valence-electron chi connectivity index (χ4n) is 1.52. The van der Waals surface area contributed by atoms with E-state index in [1.54, 1.807) is 22.9 Å². The van der Waals surface area contributed by atoms with Gasteiger partial charge in [-0.2, -0.15) is 0 Å². The number of hydrogen-bond acceptors (Lipinski definition) is 3. The third-order valence-electron chi connectivity index (χ3n) is 2.49. The van der Waals surface area contributed by atoms with Gasteiger partial charge in [-0.25, -0.2) is 9.37 Å². The molecule has 0 spiro atoms. The molecule has 0 saturated carbocycles. The third kappa shape index (κ3) is 2.22. The molecule has 84 valence electrons. The summed E-state index contributed by atoms with van der Waals surface area (Å²) in [6.45, 7) is 4.48. The van der Waals surface area contributed by atoms with Crippen molar-refractivity contribution in [3.63, 3.8) is 0 Å². The van der Waals surface area contributed by atoms with Gasteiger partial charge < -0.3 is 5.32 Å². The highest BCUT2D eigenvalue weighted by molar-refractivity contribution is 7.09. The van der Waals surface area contributed by atoms with Crippen LogP contribution in [0.5, 0.6) is 0 Å². The van der Waals surface area contributed by atoms with Gasteiger partial charge in [0.25, 0.3) is 0 Å². The number of anilines is 1. The van der Waals surface area contributed by atoms with E-state index in [4.69, 9.17) is 0 Å². The topological polar surface area (TPSA) is 24.9 Å². The van der Waals surface area contributed by atoms with Crippen LogP contribution in [0.2, 0.25) is 0 Å². The predicted molar refractivity (Wildman–Crippen MR) is 65.3 cm³/mol. The first-order valence-electron chi connectivity index (χ1n) is 5.06. The lowest BCUT2D eigenvalue weighted by molar-refractivity contribution is 0.629. The van der Waals surface area contributed by atoms with Crippen molar-refractivity contribution in [2.75, 3.05) is 5.32 Å². The van der Waals surface area contributed by atoms with E-state index in [2.05, 4.69) is 10.3 Å². The van der Waals surface area contributed by atoms with Crippen LogP contribution in [0.15, 0.2) is 23.7 Å². The van der Waals surface area contributed by atoms with Crippen molar-refractivity contribution in [3.05, 3.63) is 45.7 Å². The van der Waals surface area contributed by atoms with E-state index in [1.807, 2.05) is 19.9 Å². The van der Waals surface area contributed by atoms with Gasteiger partial charge in [0.05, 0.1) is 23.4 Å². The third-order valence-corrected chi connectivity index (χ3v) is 3.43. The maximum Gasteiger partial charge on any atom is 0.146 e. The average molecular weight is 236 g/mol. The Hall–Kier alpha value is -1.42. The molecule has 1 N–H and O–H groups in total. The van der Waals surface area contributed by atoms with E-state index in [1.165, 1.54) is 6.07 Å². The fourth-order valence-corrected chi connectivity index (χ4v) is 2.24. The molecule has 1 aromatic heterocycles. The molecule has 16 heavy (non-hydrogen) atoms. The summed E-state index contributed by atoms with van der Waals surface area (Å²) in [7, 11) is 0. The Bertz CT molecular complexity index is 473. The zero-order valence-corrected chi connectivity index (χ0v) is 10.1. The molecule has 0 unspecified atom stereocenters. The summed E-state index contributed by atoms with van der Waals surface area (Å²) in [6, 6.07) is 5.08. The van der Waals surface area contributed by atoms with Crippen LogP contribution in [-0.4, -0.2) is 4.98 Å². The van der Waals surface area contributed by atoms with Gasteiger partial charge in [0.15, 0.2) is 0 Å². The van der Waals surface area contributed by atoms with Gasteiger partial charge in [0.2, 0.25) is 0 Å². The number of hydrogen-bond donors (Lipinski definition) is 1. The SMILES string of the molecule is Cc1cccc(F)c1NCc1scnc1C. The standard InChI is InChI=1S/C12H13FN2S/c1-8-4-3-5-10(13)12(8)14-6-11-9(2)15-7-16-11/h3-5,7,14H,6H2,1-2H3. The molecule has 4 heteroatoms. The molecule has 0 bridgehead atoms. The van der Waals surface area contributed by atoms with E-state index in [-0.39, 0.29) is 5.82 Å². The highest BCUT2D eigenvalue weighted by Gasteiger charge is 2.06. The molecule has 0 aliphatic carbocycles. The Morgan fingerprint density at radius 1 is 1.38 bits per heavy atom. The molecule has 2 aromatic rings. The number of nitrogens with one attached hydrogen (secondary N) is 1. The van der Waals surface area contributed by atoms with Crippen molar-refractivity contribution in [1.29, 1.82) is 0 Å². The second-order valence-electron chi connectivity index (χ2n) is 3.65. The fraction of sp³-hybridized carbons (Fsp3) is 0.250. The van der Waals surface area contributed by atoms with E-state index < -0.39 is 0 Å². The molecular formula is C12H13FN2S. The second kappa shape index (κ2) is 4.61. The van der Waals surface area contributed by atoms with Crippen LogP contribution in [0.3, 0.4) is 0 Å². The molecule has 2 nitrogen and oxygen atoms in total. The van der Waals surface area contributed by atoms with Crippen LogP contribution in [0.4, 0.5) is 10.1 Å². The molecule has 0 amide bonds. The van der Waals surface area contributed by atoms with Crippen molar-refractivity contribution in [2.45, 2.75) is 20.4 Å². The van der Waals surface area contributed by atoms with Crippen LogP contribution >= 0.6 is 11.3 Å². The number of rotatable bonds is 3. The molecule has 0 atom stereocenters. The van der Waals surface area contributed by atoms with Gasteiger partial charge in [0, 0.05) is 4.88 Å². The molecule has 0 saturated heterocycles. The van der Waals surface area contributed by atoms with Gasteiger partial charge in [-0.15, -0.1) is 11.3 Å². The first kappa shape index (κ1) is 11.1. The Morgan fingerprint density at radius 3 is 2.81 bits per heavy atom. The summed E-state index contributed by atoms with van der Waals surface area (Å²) in [5.74, 6) is -0.206. The largest absolute Gasteiger partial charge is 0.377 e. The minimum atomic E-state index is -0.206. The van der Waals surface area contributed by atoms with Crippen molar-refractivity contribution in [3.8, 4) is 0 Å². The minimum Gasteiger partial charge on any atom is -0.377 e. The second-order valence-corrected chi connectivity index (χ2v) is 4.59. The Kier molecular flexibility index (Phi) is 3.19. The maximum absolute atomic E-state index is 13.5. The summed E-state index contributed by atoms with van der Waals surface area (Å²) < 4.78 is 13.5. The highest BCUT2D eigenvalue weighted by atomic mass is 32.1. The summed E-state index contributed by atoms with van der Waals surface area (Å²) in [6.07, 6.45) is 0. The molecule has 1 heterocycles. The van der Waals surface area contributed by atoms with E-state index >= 15 is 0 Å². The molecular weight excluding hydrogens is 223 g/mol. The van der Waals surface area contributed by atoms with Crippen molar-refractivity contribution < 1.29 is 4.39 Å². The van der Waals surface area contributed by atoms with Crippen molar-refractivity contribution in [2.24, 2.45) is 0 Å². The lowest BCUT2D eigenvalue weighted by Crippen LogP contribution is -2.03. The monoisotopic (exact) mass is 236 g/mol. The van der Waals surface area contributed by atoms with Gasteiger partial charge in [-0.3, -0.25) is 0 Å². The molecule has 0 fully saturated rings. The number of para-hydroxylation sites is 1. The van der Waals surface area contributed by atoms with Crippen LogP contribution < -0.4 is 5.32 Å². The van der Waals surface area contributed by atoms with Crippen LogP contribution in [0, 0.1) is 19.7 Å². The van der Waals surface area contributed by atoms with Gasteiger partial charge in [-0.05, 0) is 25.5 Å². The van der Waals surface area contributed by atoms with Crippen LogP contribution in [-0.2, 0) is 6.54 Å². The number of benzene rings is 1. The Balaban J connectivity index is 2.14. The van der Waals surface area contributed by atoms with Gasteiger partial charge in [0.1, 0.15) is 5.82 Å². The Labute approximate surface area is 98.2 Å². The van der Waals surface area contributed by atoms with Crippen LogP contribution in [0.1, 0.15) is 16.1 Å². The molecule has 0 radical (unpaired) electrons. The predicted octanol–water partition coefficient (Wildman–Crippen LogP) is 3.51. The highest BCUT2D eigenvalue weighted by Crippen LogP contribution is 2.21. The first-order chi connectivity index (χ1) is 7.68. The lowest BCUT2D eigenvalue weighted by atomic mass is 10.2. The van der Waals surface area contributed by atoms with Crippen LogP contribution in [0.25, 0.3) is 0 Å². The van der Waals surface area contributed by atoms with Gasteiger partial charge >= 0.3 is 0 Å². The maximum atomic E-state index is 13.5. The van der Waals surface area contributed by atoms with E-state index in [0.717, 1.165) is 16.1 Å². The van der Waals surface area contributed by atoms with E-state index in [0.29, 0.717) is 12.2 Å². The van der Waals surface area contributed by atoms with Gasteiger partial charge in [-0.1, -0.05) is 12.1 Å². The van der Waals surface area contributed by atoms with Crippen molar-refractivity contribution in [1.82, 2.24) is 4.98 Å². The normalized spacial score (nSPS) is 10.4. The minimum absolute atomic E-state index is 0.206. The lowest BCUT2D eigenvalue weighted by Gasteiger charge is -2.09. The number of halogens is 1. The number of nitrogens with zero attached hydrogens (tertiary/aromatic N) is 1. The molecule has 2 rings (SSSR count). The summed E-state index contributed by atoms with van der Waals surface area (Å²) in [4.78, 5) is 5.30. The first-order valence-corrected chi connectivity index (χ1v) is 5.94. The molecule has 0 aliphatic heterocycles. The van der Waals surface area contributed by atoms with Crippen molar-refractivity contribution >= 4 is 17.0 Å². The van der Waals surface area contributed by atoms with E-state index in [9.17, 15) is 4.39 Å². The summed E-state index contributed by atoms with van der Waals surface area (Å²) in [5.41, 5.74) is 4.31. The number of aryl methyl sites for hydroxylation is 2. The average Bonchev–Trinajstić information content (AvgIpc) is 2.64. The summed E-state index contributed by atoms with van der Waals surface area (Å²) in [5, 5.41) is 3.12. The zero-order valence-electron chi connectivity index (χ0n) is 9.25. The number of thiazole rings is 1. The zero-order chi connectivity index (χ0) is 11.5.